The van der Waals surface area contributed by atoms with Crippen LogP contribution in [0.15, 0.2) is 44.3 Å². The molecule has 0 bridgehead atoms. The van der Waals surface area contributed by atoms with Gasteiger partial charge in [0.15, 0.2) is 5.69 Å². The molecular formula is C15H11ClN2O3S. The average molecular weight is 335 g/mol. The molecular weight excluding hydrogens is 324 g/mol. The van der Waals surface area contributed by atoms with Crippen molar-refractivity contribution in [2.45, 2.75) is 18.7 Å². The highest BCUT2D eigenvalue weighted by molar-refractivity contribution is 8.14. The van der Waals surface area contributed by atoms with Crippen molar-refractivity contribution in [3.8, 4) is 11.5 Å². The smallest absolute Gasteiger partial charge is 0.230 e. The van der Waals surface area contributed by atoms with E-state index in [0.29, 0.717) is 33.5 Å². The maximum atomic E-state index is 12.6. The number of carbonyl (C=O) groups is 1. The van der Waals surface area contributed by atoms with E-state index in [9.17, 15) is 4.79 Å². The van der Waals surface area contributed by atoms with E-state index in [1.165, 1.54) is 0 Å². The van der Waals surface area contributed by atoms with Crippen molar-refractivity contribution in [2.75, 3.05) is 0 Å². The fourth-order valence-electron chi connectivity index (χ4n) is 1.92. The van der Waals surface area contributed by atoms with Crippen molar-refractivity contribution < 1.29 is 13.8 Å². The summed E-state index contributed by atoms with van der Waals surface area (Å²) in [5.41, 5.74) is 1.37. The van der Waals surface area contributed by atoms with Gasteiger partial charge in [-0.3, -0.25) is 4.79 Å². The van der Waals surface area contributed by atoms with E-state index in [0.717, 1.165) is 16.7 Å². The SMILES string of the molecule is Cc1cc(-c2onc(C)c2C(=O)Sc2ccc(Cl)cc2)no1. The van der Waals surface area contributed by atoms with Crippen LogP contribution in [0.2, 0.25) is 5.02 Å². The third-order valence-corrected chi connectivity index (χ3v) is 4.10. The van der Waals surface area contributed by atoms with E-state index >= 15 is 0 Å². The van der Waals surface area contributed by atoms with E-state index < -0.39 is 0 Å². The molecule has 1 aromatic carbocycles. The first-order valence-electron chi connectivity index (χ1n) is 6.42. The number of rotatable bonds is 3. The Morgan fingerprint density at radius 2 is 1.86 bits per heavy atom. The molecule has 0 spiro atoms. The van der Waals surface area contributed by atoms with Crippen LogP contribution >= 0.6 is 23.4 Å². The van der Waals surface area contributed by atoms with Crippen LogP contribution in [0.5, 0.6) is 0 Å². The Bertz CT molecular complexity index is 824. The van der Waals surface area contributed by atoms with E-state index in [2.05, 4.69) is 10.3 Å². The lowest BCUT2D eigenvalue weighted by Crippen LogP contribution is -1.97. The summed E-state index contributed by atoms with van der Waals surface area (Å²) in [7, 11) is 0. The number of aryl methyl sites for hydroxylation is 2. The Morgan fingerprint density at radius 3 is 2.50 bits per heavy atom. The molecule has 112 valence electrons. The molecule has 2 heterocycles. The Labute approximate surface area is 135 Å². The lowest BCUT2D eigenvalue weighted by Gasteiger charge is -2.01. The molecule has 5 nitrogen and oxygen atoms in total. The molecule has 0 saturated heterocycles. The largest absolute Gasteiger partial charge is 0.361 e. The fourth-order valence-corrected chi connectivity index (χ4v) is 2.87. The number of halogens is 1. The molecule has 0 aliphatic carbocycles. The number of hydrogen-bond donors (Lipinski definition) is 0. The number of carbonyl (C=O) groups excluding carboxylic acids is 1. The Kier molecular flexibility index (Phi) is 4.04. The molecule has 3 rings (SSSR count). The van der Waals surface area contributed by atoms with Gasteiger partial charge in [-0.1, -0.05) is 21.9 Å². The van der Waals surface area contributed by atoms with Crippen LogP contribution in [0.25, 0.3) is 11.5 Å². The Hall–Kier alpha value is -2.05. The molecule has 0 unspecified atom stereocenters. The monoisotopic (exact) mass is 334 g/mol. The molecule has 0 saturated carbocycles. The van der Waals surface area contributed by atoms with Crippen LogP contribution in [0.1, 0.15) is 21.8 Å². The lowest BCUT2D eigenvalue weighted by molar-refractivity contribution is 0.108. The van der Waals surface area contributed by atoms with Crippen LogP contribution < -0.4 is 0 Å². The van der Waals surface area contributed by atoms with Crippen molar-refractivity contribution in [1.29, 1.82) is 0 Å². The summed E-state index contributed by atoms with van der Waals surface area (Å²) in [6.45, 7) is 3.49. The van der Waals surface area contributed by atoms with Crippen molar-refractivity contribution in [1.82, 2.24) is 10.3 Å². The number of nitrogens with zero attached hydrogens (tertiary/aromatic N) is 2. The summed E-state index contributed by atoms with van der Waals surface area (Å²) in [5.74, 6) is 0.952. The van der Waals surface area contributed by atoms with Gasteiger partial charge in [-0.25, -0.2) is 0 Å². The number of aromatic nitrogens is 2. The van der Waals surface area contributed by atoms with Crippen LogP contribution in [0.3, 0.4) is 0 Å². The predicted molar refractivity (Wildman–Crippen MR) is 83.1 cm³/mol. The fraction of sp³-hybridized carbons (Fsp3) is 0.133. The van der Waals surface area contributed by atoms with Gasteiger partial charge in [0.2, 0.25) is 10.9 Å². The molecule has 0 N–H and O–H groups in total. The number of hydrogen-bond acceptors (Lipinski definition) is 6. The Balaban J connectivity index is 1.92. The molecule has 0 aliphatic heterocycles. The van der Waals surface area contributed by atoms with Crippen LogP contribution in [-0.2, 0) is 0 Å². The normalized spacial score (nSPS) is 10.9. The summed E-state index contributed by atoms with van der Waals surface area (Å²) in [6.07, 6.45) is 0. The minimum Gasteiger partial charge on any atom is -0.361 e. The Morgan fingerprint density at radius 1 is 1.14 bits per heavy atom. The molecule has 0 aliphatic rings. The topological polar surface area (TPSA) is 69.1 Å². The van der Waals surface area contributed by atoms with Gasteiger partial charge in [-0.05, 0) is 49.9 Å². The highest BCUT2D eigenvalue weighted by Crippen LogP contribution is 2.32. The van der Waals surface area contributed by atoms with Crippen LogP contribution in [-0.4, -0.2) is 15.4 Å². The summed E-state index contributed by atoms with van der Waals surface area (Å²) < 4.78 is 10.3. The van der Waals surface area contributed by atoms with Crippen molar-refractivity contribution >= 4 is 28.5 Å². The predicted octanol–water partition coefficient (Wildman–Crippen LogP) is 4.53. The van der Waals surface area contributed by atoms with Gasteiger partial charge in [0, 0.05) is 16.0 Å². The average Bonchev–Trinajstić information content (AvgIpc) is 3.07. The lowest BCUT2D eigenvalue weighted by atomic mass is 10.1. The maximum Gasteiger partial charge on any atom is 0.230 e. The van der Waals surface area contributed by atoms with E-state index in [1.54, 1.807) is 44.2 Å². The first-order valence-corrected chi connectivity index (χ1v) is 7.62. The second kappa shape index (κ2) is 5.98. The summed E-state index contributed by atoms with van der Waals surface area (Å²) in [4.78, 5) is 13.3. The first kappa shape index (κ1) is 14.9. The maximum absolute atomic E-state index is 12.6. The van der Waals surface area contributed by atoms with Gasteiger partial charge >= 0.3 is 0 Å². The summed E-state index contributed by atoms with van der Waals surface area (Å²) >= 11 is 6.93. The third-order valence-electron chi connectivity index (χ3n) is 2.95. The molecule has 0 amide bonds. The third kappa shape index (κ3) is 2.93. The van der Waals surface area contributed by atoms with Crippen molar-refractivity contribution in [2.24, 2.45) is 0 Å². The van der Waals surface area contributed by atoms with Gasteiger partial charge in [-0.2, -0.15) is 0 Å². The molecule has 22 heavy (non-hydrogen) atoms. The number of benzene rings is 1. The molecule has 0 fully saturated rings. The van der Waals surface area contributed by atoms with Gasteiger partial charge in [0.25, 0.3) is 0 Å². The van der Waals surface area contributed by atoms with Gasteiger partial charge in [0.05, 0.1) is 5.69 Å². The van der Waals surface area contributed by atoms with Gasteiger partial charge in [0.1, 0.15) is 11.3 Å². The highest BCUT2D eigenvalue weighted by atomic mass is 35.5. The highest BCUT2D eigenvalue weighted by Gasteiger charge is 2.24. The summed E-state index contributed by atoms with van der Waals surface area (Å²) in [5, 5.41) is 8.19. The second-order valence-corrected chi connectivity index (χ2v) is 6.12. The minimum absolute atomic E-state index is 0.170. The zero-order valence-corrected chi connectivity index (χ0v) is 13.4. The van der Waals surface area contributed by atoms with Gasteiger partial charge < -0.3 is 9.05 Å². The summed E-state index contributed by atoms with van der Waals surface area (Å²) in [6, 6.07) is 8.74. The van der Waals surface area contributed by atoms with E-state index in [-0.39, 0.29) is 5.12 Å². The first-order chi connectivity index (χ1) is 10.5. The molecule has 0 atom stereocenters. The minimum atomic E-state index is -0.170. The van der Waals surface area contributed by atoms with Crippen molar-refractivity contribution in [3.63, 3.8) is 0 Å². The van der Waals surface area contributed by atoms with Gasteiger partial charge in [-0.15, -0.1) is 0 Å². The molecule has 2 aromatic heterocycles. The standard InChI is InChI=1S/C15H11ClN2O3S/c1-8-7-12(18-20-8)14-13(9(2)17-21-14)15(19)22-11-5-3-10(16)4-6-11/h3-7H,1-2H3. The van der Waals surface area contributed by atoms with Crippen molar-refractivity contribution in [3.05, 3.63) is 52.4 Å². The van der Waals surface area contributed by atoms with E-state index in [4.69, 9.17) is 20.6 Å². The van der Waals surface area contributed by atoms with Crippen LogP contribution in [0.4, 0.5) is 0 Å². The molecule has 0 radical (unpaired) electrons. The molecule has 3 aromatic rings. The molecule has 7 heteroatoms. The second-order valence-electron chi connectivity index (χ2n) is 4.64. The number of thioether (sulfide) groups is 1. The van der Waals surface area contributed by atoms with Crippen LogP contribution in [0, 0.1) is 13.8 Å². The quantitative estimate of drug-likeness (QED) is 0.655. The van der Waals surface area contributed by atoms with E-state index in [1.807, 2.05) is 0 Å². The zero-order chi connectivity index (χ0) is 15.7. The zero-order valence-electron chi connectivity index (χ0n) is 11.8.